The number of fused-ring (bicyclic) bond motifs is 2. The number of carbonyl (C=O) groups excluding carboxylic acids is 2. The predicted octanol–water partition coefficient (Wildman–Crippen LogP) is 3.03. The SMILES string of the molecule is C=CC(=O)NC1CC2CN(S(=O)(=O)c3ccc(NC(=O)c4oc5ccccc5c4C)cc3)CC2O1. The van der Waals surface area contributed by atoms with Gasteiger partial charge in [0.15, 0.2) is 5.76 Å². The van der Waals surface area contributed by atoms with Crippen molar-refractivity contribution in [1.82, 2.24) is 9.62 Å². The maximum atomic E-state index is 13.2. The minimum Gasteiger partial charge on any atom is -0.451 e. The molecule has 2 fully saturated rings. The molecule has 2 N–H and O–H groups in total. The highest BCUT2D eigenvalue weighted by Crippen LogP contribution is 2.35. The number of benzene rings is 2. The molecule has 182 valence electrons. The minimum absolute atomic E-state index is 0.00509. The molecule has 2 aromatic carbocycles. The average Bonchev–Trinajstić information content (AvgIpc) is 3.51. The molecular formula is C25H25N3O6S. The molecule has 2 aliphatic heterocycles. The fraction of sp³-hybridized carbons (Fsp3) is 0.280. The summed E-state index contributed by atoms with van der Waals surface area (Å²) >= 11 is 0. The van der Waals surface area contributed by atoms with E-state index in [2.05, 4.69) is 17.2 Å². The quantitative estimate of drug-likeness (QED) is 0.508. The summed E-state index contributed by atoms with van der Waals surface area (Å²) in [5, 5.41) is 6.33. The number of hydrogen-bond donors (Lipinski definition) is 2. The minimum atomic E-state index is -3.73. The first-order valence-corrected chi connectivity index (χ1v) is 12.7. The van der Waals surface area contributed by atoms with Gasteiger partial charge in [0, 0.05) is 35.6 Å². The molecule has 10 heteroatoms. The van der Waals surface area contributed by atoms with Crippen LogP contribution in [0, 0.1) is 12.8 Å². The maximum Gasteiger partial charge on any atom is 0.291 e. The van der Waals surface area contributed by atoms with Gasteiger partial charge in [-0.15, -0.1) is 0 Å². The third kappa shape index (κ3) is 4.36. The van der Waals surface area contributed by atoms with Crippen molar-refractivity contribution in [3.8, 4) is 0 Å². The van der Waals surface area contributed by atoms with Crippen LogP contribution in [0.25, 0.3) is 11.0 Å². The van der Waals surface area contributed by atoms with Gasteiger partial charge in [-0.3, -0.25) is 9.59 Å². The molecule has 2 saturated heterocycles. The molecule has 3 atom stereocenters. The summed E-state index contributed by atoms with van der Waals surface area (Å²) in [4.78, 5) is 24.4. The molecule has 0 radical (unpaired) electrons. The number of sulfonamides is 1. The summed E-state index contributed by atoms with van der Waals surface area (Å²) in [6, 6.07) is 13.5. The second-order valence-corrected chi connectivity index (χ2v) is 10.7. The Morgan fingerprint density at radius 2 is 1.86 bits per heavy atom. The average molecular weight is 496 g/mol. The molecule has 2 aliphatic rings. The van der Waals surface area contributed by atoms with E-state index in [1.165, 1.54) is 22.5 Å². The number of para-hydroxylation sites is 1. The number of carbonyl (C=O) groups is 2. The van der Waals surface area contributed by atoms with Gasteiger partial charge in [-0.2, -0.15) is 4.31 Å². The molecule has 3 aromatic rings. The first-order chi connectivity index (χ1) is 16.8. The zero-order valence-corrected chi connectivity index (χ0v) is 19.9. The van der Waals surface area contributed by atoms with Crippen molar-refractivity contribution >= 4 is 38.5 Å². The Labute approximate surface area is 202 Å². The number of rotatable bonds is 6. The molecule has 5 rings (SSSR count). The fourth-order valence-electron chi connectivity index (χ4n) is 4.67. The number of amides is 2. The molecule has 0 bridgehead atoms. The number of hydrogen-bond acceptors (Lipinski definition) is 6. The van der Waals surface area contributed by atoms with Gasteiger partial charge in [0.05, 0.1) is 11.0 Å². The van der Waals surface area contributed by atoms with Crippen LogP contribution in [0.3, 0.4) is 0 Å². The van der Waals surface area contributed by atoms with E-state index < -0.39 is 22.2 Å². The molecular weight excluding hydrogens is 470 g/mol. The third-order valence-corrected chi connectivity index (χ3v) is 8.34. The molecule has 0 saturated carbocycles. The van der Waals surface area contributed by atoms with Crippen LogP contribution in [0.2, 0.25) is 0 Å². The van der Waals surface area contributed by atoms with Crippen LogP contribution in [-0.2, 0) is 19.6 Å². The summed E-state index contributed by atoms with van der Waals surface area (Å²) in [7, 11) is -3.73. The Morgan fingerprint density at radius 3 is 2.54 bits per heavy atom. The zero-order chi connectivity index (χ0) is 24.7. The lowest BCUT2D eigenvalue weighted by Gasteiger charge is -2.19. The molecule has 3 heterocycles. The summed E-state index contributed by atoms with van der Waals surface area (Å²) in [5.41, 5.74) is 1.83. The number of aryl methyl sites for hydroxylation is 1. The van der Waals surface area contributed by atoms with E-state index in [4.69, 9.17) is 9.15 Å². The topological polar surface area (TPSA) is 118 Å². The standard InChI is InChI=1S/C25H25N3O6S/c1-3-22(29)27-23-12-16-13-28(14-21(16)33-23)35(31,32)18-10-8-17(9-11-18)26-25(30)24-15(2)19-6-4-5-7-20(19)34-24/h3-11,16,21,23H,1,12-14H2,2H3,(H,26,30)(H,27,29). The summed E-state index contributed by atoms with van der Waals surface area (Å²) in [5.74, 6) is -0.501. The zero-order valence-electron chi connectivity index (χ0n) is 19.1. The van der Waals surface area contributed by atoms with Gasteiger partial charge in [-0.25, -0.2) is 8.42 Å². The summed E-state index contributed by atoms with van der Waals surface area (Å²) in [6.07, 6.45) is 1.02. The van der Waals surface area contributed by atoms with Crippen molar-refractivity contribution in [2.45, 2.75) is 30.6 Å². The highest BCUT2D eigenvalue weighted by atomic mass is 32.2. The van der Waals surface area contributed by atoms with Crippen LogP contribution in [0.1, 0.15) is 22.5 Å². The van der Waals surface area contributed by atoms with E-state index in [1.807, 2.05) is 25.1 Å². The van der Waals surface area contributed by atoms with Crippen molar-refractivity contribution in [3.63, 3.8) is 0 Å². The lowest BCUT2D eigenvalue weighted by molar-refractivity contribution is -0.120. The van der Waals surface area contributed by atoms with Crippen LogP contribution in [0.5, 0.6) is 0 Å². The molecule has 9 nitrogen and oxygen atoms in total. The Hall–Kier alpha value is -3.47. The van der Waals surface area contributed by atoms with Gasteiger partial charge in [0.2, 0.25) is 15.9 Å². The normalized spacial score (nSPS) is 22.1. The molecule has 0 aliphatic carbocycles. The van der Waals surface area contributed by atoms with Crippen LogP contribution in [0.15, 0.2) is 70.5 Å². The van der Waals surface area contributed by atoms with Crippen molar-refractivity contribution < 1.29 is 27.2 Å². The van der Waals surface area contributed by atoms with E-state index in [0.717, 1.165) is 10.9 Å². The largest absolute Gasteiger partial charge is 0.451 e. The van der Waals surface area contributed by atoms with E-state index in [9.17, 15) is 18.0 Å². The van der Waals surface area contributed by atoms with Gasteiger partial charge < -0.3 is 19.8 Å². The highest BCUT2D eigenvalue weighted by molar-refractivity contribution is 7.89. The molecule has 35 heavy (non-hydrogen) atoms. The second-order valence-electron chi connectivity index (χ2n) is 8.72. The van der Waals surface area contributed by atoms with Crippen molar-refractivity contribution in [2.24, 2.45) is 5.92 Å². The fourth-order valence-corrected chi connectivity index (χ4v) is 6.18. The van der Waals surface area contributed by atoms with Crippen LogP contribution < -0.4 is 10.6 Å². The Bertz CT molecular complexity index is 1400. The Kier molecular flexibility index (Phi) is 5.96. The second kappa shape index (κ2) is 8.95. The first kappa shape index (κ1) is 23.3. The Balaban J connectivity index is 1.24. The third-order valence-electron chi connectivity index (χ3n) is 6.49. The highest BCUT2D eigenvalue weighted by Gasteiger charge is 2.46. The predicted molar refractivity (Wildman–Crippen MR) is 129 cm³/mol. The number of ether oxygens (including phenoxy) is 1. The van der Waals surface area contributed by atoms with Gasteiger partial charge in [0.1, 0.15) is 11.8 Å². The molecule has 3 unspecified atom stereocenters. The Morgan fingerprint density at radius 1 is 1.11 bits per heavy atom. The van der Waals surface area contributed by atoms with Gasteiger partial charge in [-0.1, -0.05) is 24.8 Å². The molecule has 1 aromatic heterocycles. The summed E-state index contributed by atoms with van der Waals surface area (Å²) < 4.78 is 39.2. The number of anilines is 1. The number of nitrogens with one attached hydrogen (secondary N) is 2. The van der Waals surface area contributed by atoms with Crippen molar-refractivity contribution in [1.29, 1.82) is 0 Å². The van der Waals surface area contributed by atoms with E-state index >= 15 is 0 Å². The van der Waals surface area contributed by atoms with Crippen molar-refractivity contribution in [2.75, 3.05) is 18.4 Å². The van der Waals surface area contributed by atoms with E-state index in [-0.39, 0.29) is 35.1 Å². The van der Waals surface area contributed by atoms with E-state index in [1.54, 1.807) is 18.2 Å². The van der Waals surface area contributed by atoms with Crippen LogP contribution >= 0.6 is 0 Å². The van der Waals surface area contributed by atoms with Gasteiger partial charge in [-0.05, 0) is 49.8 Å². The molecule has 0 spiro atoms. The molecule has 2 amide bonds. The van der Waals surface area contributed by atoms with Gasteiger partial charge in [0.25, 0.3) is 5.91 Å². The monoisotopic (exact) mass is 495 g/mol. The van der Waals surface area contributed by atoms with E-state index in [0.29, 0.717) is 24.2 Å². The van der Waals surface area contributed by atoms with Gasteiger partial charge >= 0.3 is 0 Å². The summed E-state index contributed by atoms with van der Waals surface area (Å²) in [6.45, 7) is 5.78. The first-order valence-electron chi connectivity index (χ1n) is 11.2. The van der Waals surface area contributed by atoms with Crippen LogP contribution in [-0.4, -0.2) is 50.0 Å². The maximum absolute atomic E-state index is 13.2. The van der Waals surface area contributed by atoms with Crippen LogP contribution in [0.4, 0.5) is 5.69 Å². The lowest BCUT2D eigenvalue weighted by atomic mass is 10.1. The smallest absolute Gasteiger partial charge is 0.291 e. The number of nitrogens with zero attached hydrogens (tertiary/aromatic N) is 1. The lowest BCUT2D eigenvalue weighted by Crippen LogP contribution is -2.37. The van der Waals surface area contributed by atoms with Crippen molar-refractivity contribution in [3.05, 3.63) is 72.5 Å². The number of furan rings is 1.